The maximum Gasteiger partial charge on any atom is 0.390 e. The highest BCUT2D eigenvalue weighted by atomic mass is 79.9. The Labute approximate surface area is 97.1 Å². The Balaban J connectivity index is 2.24. The standard InChI is InChI=1S/C10H17BrF3N/c11-5-3-9-2-1-6-15(8-9)7-4-10(12,13)14/h9H,1-8H2. The number of alkyl halides is 4. The number of likely N-dealkylation sites (tertiary alicyclic amines) is 1. The molecule has 1 aliphatic heterocycles. The molecule has 0 bridgehead atoms. The van der Waals surface area contributed by atoms with E-state index in [2.05, 4.69) is 15.9 Å². The fraction of sp³-hybridized carbons (Fsp3) is 1.00. The molecule has 1 aliphatic rings. The van der Waals surface area contributed by atoms with E-state index in [4.69, 9.17) is 0 Å². The molecule has 0 N–H and O–H groups in total. The second kappa shape index (κ2) is 6.09. The lowest BCUT2D eigenvalue weighted by Gasteiger charge is -2.32. The van der Waals surface area contributed by atoms with E-state index in [1.807, 2.05) is 4.90 Å². The molecule has 15 heavy (non-hydrogen) atoms. The highest BCUT2D eigenvalue weighted by molar-refractivity contribution is 9.09. The Morgan fingerprint density at radius 2 is 2.07 bits per heavy atom. The van der Waals surface area contributed by atoms with E-state index >= 15 is 0 Å². The molecule has 0 saturated carbocycles. The zero-order valence-corrected chi connectivity index (χ0v) is 10.3. The lowest BCUT2D eigenvalue weighted by atomic mass is 9.95. The van der Waals surface area contributed by atoms with Gasteiger partial charge in [-0.3, -0.25) is 0 Å². The predicted octanol–water partition coefficient (Wildman–Crippen LogP) is 3.44. The summed E-state index contributed by atoms with van der Waals surface area (Å²) in [6, 6.07) is 0. The first-order valence-electron chi connectivity index (χ1n) is 5.36. The Morgan fingerprint density at radius 1 is 1.33 bits per heavy atom. The average Bonchev–Trinajstić information content (AvgIpc) is 2.15. The molecule has 5 heteroatoms. The van der Waals surface area contributed by atoms with Crippen LogP contribution in [0.25, 0.3) is 0 Å². The van der Waals surface area contributed by atoms with Crippen LogP contribution in [0.15, 0.2) is 0 Å². The van der Waals surface area contributed by atoms with Gasteiger partial charge in [-0.1, -0.05) is 15.9 Å². The van der Waals surface area contributed by atoms with Crippen LogP contribution >= 0.6 is 15.9 Å². The van der Waals surface area contributed by atoms with Crippen molar-refractivity contribution in [2.24, 2.45) is 5.92 Å². The number of piperidine rings is 1. The fourth-order valence-corrected chi connectivity index (χ4v) is 2.68. The van der Waals surface area contributed by atoms with Gasteiger partial charge in [-0.2, -0.15) is 13.2 Å². The molecule has 1 saturated heterocycles. The second-order valence-corrected chi connectivity index (χ2v) is 4.94. The van der Waals surface area contributed by atoms with Crippen LogP contribution in [0, 0.1) is 5.92 Å². The van der Waals surface area contributed by atoms with Crippen molar-refractivity contribution >= 4 is 15.9 Å². The van der Waals surface area contributed by atoms with Gasteiger partial charge in [0.05, 0.1) is 6.42 Å². The van der Waals surface area contributed by atoms with Crippen LogP contribution < -0.4 is 0 Å². The molecule has 1 unspecified atom stereocenters. The molecule has 1 fully saturated rings. The summed E-state index contributed by atoms with van der Waals surface area (Å²) in [6.07, 6.45) is -1.41. The molecule has 0 spiro atoms. The quantitative estimate of drug-likeness (QED) is 0.716. The van der Waals surface area contributed by atoms with Crippen molar-refractivity contribution in [2.75, 3.05) is 25.0 Å². The molecular formula is C10H17BrF3N. The molecule has 0 radical (unpaired) electrons. The minimum atomic E-state index is -4.01. The lowest BCUT2D eigenvalue weighted by molar-refractivity contribution is -0.138. The third kappa shape index (κ3) is 5.76. The van der Waals surface area contributed by atoms with Crippen molar-refractivity contribution in [3.8, 4) is 0 Å². The highest BCUT2D eigenvalue weighted by Crippen LogP contribution is 2.24. The molecule has 0 aromatic heterocycles. The maximum atomic E-state index is 12.0. The summed E-state index contributed by atoms with van der Waals surface area (Å²) in [6.45, 7) is 1.83. The Morgan fingerprint density at radius 3 is 2.67 bits per heavy atom. The van der Waals surface area contributed by atoms with Gasteiger partial charge in [0, 0.05) is 18.4 Å². The van der Waals surface area contributed by atoms with Crippen LogP contribution in [-0.2, 0) is 0 Å². The summed E-state index contributed by atoms with van der Waals surface area (Å²) in [5.41, 5.74) is 0. The molecule has 1 atom stereocenters. The summed E-state index contributed by atoms with van der Waals surface area (Å²) < 4.78 is 36.1. The Bertz CT molecular complexity index is 182. The predicted molar refractivity (Wildman–Crippen MR) is 58.2 cm³/mol. The number of rotatable bonds is 4. The molecular weight excluding hydrogens is 271 g/mol. The summed E-state index contributed by atoms with van der Waals surface area (Å²) in [7, 11) is 0. The minimum absolute atomic E-state index is 0.169. The summed E-state index contributed by atoms with van der Waals surface area (Å²) >= 11 is 3.38. The zero-order valence-electron chi connectivity index (χ0n) is 8.69. The van der Waals surface area contributed by atoms with Gasteiger partial charge in [0.2, 0.25) is 0 Å². The third-order valence-electron chi connectivity index (χ3n) is 2.83. The van der Waals surface area contributed by atoms with E-state index in [1.165, 1.54) is 0 Å². The van der Waals surface area contributed by atoms with Crippen molar-refractivity contribution in [2.45, 2.75) is 31.9 Å². The molecule has 0 amide bonds. The van der Waals surface area contributed by atoms with Gasteiger partial charge >= 0.3 is 6.18 Å². The van der Waals surface area contributed by atoms with Crippen molar-refractivity contribution in [3.63, 3.8) is 0 Å². The number of nitrogens with zero attached hydrogens (tertiary/aromatic N) is 1. The first-order valence-corrected chi connectivity index (χ1v) is 6.48. The molecule has 0 aromatic rings. The number of hydrogen-bond donors (Lipinski definition) is 0. The summed E-state index contributed by atoms with van der Waals surface area (Å²) in [5.74, 6) is 0.575. The van der Waals surface area contributed by atoms with Gasteiger partial charge in [0.25, 0.3) is 0 Å². The minimum Gasteiger partial charge on any atom is -0.303 e. The second-order valence-electron chi connectivity index (χ2n) is 4.15. The summed E-state index contributed by atoms with van der Waals surface area (Å²) in [4.78, 5) is 1.95. The fourth-order valence-electron chi connectivity index (χ4n) is 2.03. The maximum absolute atomic E-state index is 12.0. The van der Waals surface area contributed by atoms with Gasteiger partial charge in [-0.05, 0) is 31.7 Å². The molecule has 1 rings (SSSR count). The molecule has 0 aromatic carbocycles. The SMILES string of the molecule is FC(F)(F)CCN1CCCC(CCBr)C1. The number of hydrogen-bond acceptors (Lipinski definition) is 1. The molecule has 1 heterocycles. The van der Waals surface area contributed by atoms with Crippen LogP contribution in [0.3, 0.4) is 0 Å². The van der Waals surface area contributed by atoms with Crippen molar-refractivity contribution in [3.05, 3.63) is 0 Å². The topological polar surface area (TPSA) is 3.24 Å². The Hall–Kier alpha value is 0.230. The zero-order chi connectivity index (χ0) is 11.3. The normalized spacial score (nSPS) is 24.4. The van der Waals surface area contributed by atoms with Gasteiger partial charge in [-0.15, -0.1) is 0 Å². The summed E-state index contributed by atoms with van der Waals surface area (Å²) in [5, 5.41) is 0.949. The van der Waals surface area contributed by atoms with Crippen molar-refractivity contribution in [1.82, 2.24) is 4.90 Å². The van der Waals surface area contributed by atoms with Gasteiger partial charge in [0.1, 0.15) is 0 Å². The van der Waals surface area contributed by atoms with Crippen molar-refractivity contribution in [1.29, 1.82) is 0 Å². The van der Waals surface area contributed by atoms with Crippen LogP contribution in [0.4, 0.5) is 13.2 Å². The largest absolute Gasteiger partial charge is 0.390 e. The number of halogens is 4. The van der Waals surface area contributed by atoms with Crippen molar-refractivity contribution < 1.29 is 13.2 Å². The first kappa shape index (κ1) is 13.3. The van der Waals surface area contributed by atoms with Crippen LogP contribution in [-0.4, -0.2) is 36.0 Å². The van der Waals surface area contributed by atoms with E-state index in [-0.39, 0.29) is 6.54 Å². The third-order valence-corrected chi connectivity index (χ3v) is 3.29. The van der Waals surface area contributed by atoms with Crippen LogP contribution in [0.1, 0.15) is 25.7 Å². The Kier molecular flexibility index (Phi) is 5.39. The molecule has 90 valence electrons. The molecule has 0 aliphatic carbocycles. The monoisotopic (exact) mass is 287 g/mol. The van der Waals surface area contributed by atoms with Crippen LogP contribution in [0.2, 0.25) is 0 Å². The van der Waals surface area contributed by atoms with Crippen LogP contribution in [0.5, 0.6) is 0 Å². The van der Waals surface area contributed by atoms with E-state index in [0.717, 1.165) is 37.7 Å². The van der Waals surface area contributed by atoms with E-state index < -0.39 is 12.6 Å². The lowest BCUT2D eigenvalue weighted by Crippen LogP contribution is -2.37. The average molecular weight is 288 g/mol. The highest BCUT2D eigenvalue weighted by Gasteiger charge is 2.29. The smallest absolute Gasteiger partial charge is 0.303 e. The molecule has 1 nitrogen and oxygen atoms in total. The first-order chi connectivity index (χ1) is 7.01. The van der Waals surface area contributed by atoms with E-state index in [0.29, 0.717) is 5.92 Å². The van der Waals surface area contributed by atoms with E-state index in [9.17, 15) is 13.2 Å². The van der Waals surface area contributed by atoms with Gasteiger partial charge in [-0.25, -0.2) is 0 Å². The van der Waals surface area contributed by atoms with E-state index in [1.54, 1.807) is 0 Å². The van der Waals surface area contributed by atoms with Gasteiger partial charge < -0.3 is 4.90 Å². The van der Waals surface area contributed by atoms with Gasteiger partial charge in [0.15, 0.2) is 0 Å².